The van der Waals surface area contributed by atoms with E-state index in [2.05, 4.69) is 17.1 Å². The third-order valence-corrected chi connectivity index (χ3v) is 6.36. The lowest BCUT2D eigenvalue weighted by Gasteiger charge is -2.22. The zero-order valence-electron chi connectivity index (χ0n) is 17.6. The van der Waals surface area contributed by atoms with Gasteiger partial charge in [0.15, 0.2) is 0 Å². The molecule has 3 heterocycles. The van der Waals surface area contributed by atoms with E-state index in [-0.39, 0.29) is 12.3 Å². The quantitative estimate of drug-likeness (QED) is 0.667. The minimum Gasteiger partial charge on any atom is -0.461 e. The lowest BCUT2D eigenvalue weighted by atomic mass is 10.0. The predicted octanol–water partition coefficient (Wildman–Crippen LogP) is 3.61. The van der Waals surface area contributed by atoms with Gasteiger partial charge in [-0.3, -0.25) is 9.69 Å². The van der Waals surface area contributed by atoms with Gasteiger partial charge in [0.1, 0.15) is 16.9 Å². The number of amides is 1. The molecule has 4 rings (SSSR count). The molecule has 0 bridgehead atoms. The molecule has 1 atom stereocenters. The van der Waals surface area contributed by atoms with Gasteiger partial charge in [-0.1, -0.05) is 6.92 Å². The van der Waals surface area contributed by atoms with Crippen LogP contribution in [0.2, 0.25) is 0 Å². The summed E-state index contributed by atoms with van der Waals surface area (Å²) in [7, 11) is 0. The summed E-state index contributed by atoms with van der Waals surface area (Å²) in [6.45, 7) is 10.7. The molecule has 1 aliphatic heterocycles. The van der Waals surface area contributed by atoms with Crippen LogP contribution in [0.1, 0.15) is 42.2 Å². The lowest BCUT2D eigenvalue weighted by Crippen LogP contribution is -2.40. The van der Waals surface area contributed by atoms with Crippen molar-refractivity contribution in [3.63, 3.8) is 0 Å². The molecule has 0 unspecified atom stereocenters. The van der Waals surface area contributed by atoms with Crippen LogP contribution in [0.5, 0.6) is 0 Å². The van der Waals surface area contributed by atoms with E-state index in [4.69, 9.17) is 8.83 Å². The molecule has 6 heteroatoms. The van der Waals surface area contributed by atoms with Gasteiger partial charge in [-0.2, -0.15) is 0 Å². The van der Waals surface area contributed by atoms with E-state index in [0.717, 1.165) is 47.2 Å². The summed E-state index contributed by atoms with van der Waals surface area (Å²) < 4.78 is 11.3. The Balaban J connectivity index is 1.59. The number of carbonyl (C=O) groups excluding carboxylic acids is 1. The first-order valence-electron chi connectivity index (χ1n) is 10.4. The maximum atomic E-state index is 12.6. The number of carbonyl (C=O) groups is 1. The highest BCUT2D eigenvalue weighted by Crippen LogP contribution is 2.31. The Labute approximate surface area is 169 Å². The summed E-state index contributed by atoms with van der Waals surface area (Å²) >= 11 is 0. The second-order valence-electron chi connectivity index (χ2n) is 8.03. The fraction of sp³-hybridized carbons (Fsp3) is 0.478. The number of hydrogen-bond donors (Lipinski definition) is 1. The van der Waals surface area contributed by atoms with E-state index >= 15 is 0 Å². The summed E-state index contributed by atoms with van der Waals surface area (Å²) in [5.41, 5.74) is 3.03. The Hall–Kier alpha value is -2.60. The van der Waals surface area contributed by atoms with Crippen LogP contribution >= 0.6 is 0 Å². The number of nitrogens with one attached hydrogen (secondary N) is 1. The largest absolute Gasteiger partial charge is 0.461 e. The van der Waals surface area contributed by atoms with Gasteiger partial charge in [0, 0.05) is 29.4 Å². The maximum absolute atomic E-state index is 12.6. The summed E-state index contributed by atoms with van der Waals surface area (Å²) in [5.74, 6) is 0.710. The van der Waals surface area contributed by atoms with Crippen molar-refractivity contribution in [2.45, 2.75) is 53.0 Å². The summed E-state index contributed by atoms with van der Waals surface area (Å²) in [6.07, 6.45) is 2.30. The van der Waals surface area contributed by atoms with E-state index in [1.54, 1.807) is 6.07 Å². The average molecular weight is 396 g/mol. The minimum absolute atomic E-state index is 0.0321. The average Bonchev–Trinajstić information content (AvgIpc) is 3.26. The molecule has 1 aliphatic rings. The van der Waals surface area contributed by atoms with Gasteiger partial charge in [-0.25, -0.2) is 4.79 Å². The summed E-state index contributed by atoms with van der Waals surface area (Å²) in [6, 6.07) is 4.15. The fourth-order valence-electron chi connectivity index (χ4n) is 4.43. The number of aryl methyl sites for hydroxylation is 3. The number of rotatable bonds is 5. The number of hydrogen-bond acceptors (Lipinski definition) is 5. The van der Waals surface area contributed by atoms with Crippen LogP contribution in [-0.2, 0) is 11.2 Å². The Morgan fingerprint density at radius 3 is 2.62 bits per heavy atom. The number of furan rings is 1. The first kappa shape index (κ1) is 19.7. The van der Waals surface area contributed by atoms with Gasteiger partial charge in [0.05, 0.1) is 12.0 Å². The first-order chi connectivity index (χ1) is 13.9. The zero-order chi connectivity index (χ0) is 20.7. The molecule has 0 radical (unpaired) electrons. The maximum Gasteiger partial charge on any atom is 0.340 e. The number of nitrogens with zero attached hydrogens (tertiary/aromatic N) is 1. The molecule has 1 amide bonds. The molecule has 1 saturated heterocycles. The van der Waals surface area contributed by atoms with E-state index < -0.39 is 5.63 Å². The van der Waals surface area contributed by atoms with Crippen LogP contribution in [-0.4, -0.2) is 36.5 Å². The monoisotopic (exact) mass is 396 g/mol. The minimum atomic E-state index is -0.458. The van der Waals surface area contributed by atoms with Crippen molar-refractivity contribution in [2.24, 2.45) is 0 Å². The standard InChI is InChI=1S/C23H28N2O4/c1-5-25-8-6-7-16(25)12-24-22(26)10-19-14(3)18-9-17-13(2)15(4)28-20(17)11-21(18)29-23(19)27/h9,11,16H,5-8,10,12H2,1-4H3,(H,24,26)/t16-/m0/s1. The number of likely N-dealkylation sites (N-methyl/N-ethyl adjacent to an activating group) is 1. The normalized spacial score (nSPS) is 17.4. The Morgan fingerprint density at radius 2 is 1.86 bits per heavy atom. The molecule has 6 nitrogen and oxygen atoms in total. The molecular weight excluding hydrogens is 368 g/mol. The first-order valence-corrected chi connectivity index (χ1v) is 10.4. The van der Waals surface area contributed by atoms with Crippen molar-refractivity contribution >= 4 is 27.8 Å². The number of likely N-dealkylation sites (tertiary alicyclic amines) is 1. The van der Waals surface area contributed by atoms with E-state index in [1.165, 1.54) is 6.42 Å². The topological polar surface area (TPSA) is 75.7 Å². The van der Waals surface area contributed by atoms with Crippen LogP contribution in [0.15, 0.2) is 25.8 Å². The SMILES string of the molecule is CCN1CCC[C@H]1CNC(=O)Cc1c(C)c2cc3c(C)c(C)oc3cc2oc1=O. The molecule has 154 valence electrons. The molecule has 2 aromatic heterocycles. The van der Waals surface area contributed by atoms with Crippen LogP contribution in [0.25, 0.3) is 21.9 Å². The predicted molar refractivity (Wildman–Crippen MR) is 113 cm³/mol. The van der Waals surface area contributed by atoms with Crippen LogP contribution in [0.3, 0.4) is 0 Å². The van der Waals surface area contributed by atoms with Gasteiger partial charge in [-0.05, 0) is 63.9 Å². The second kappa shape index (κ2) is 7.67. The molecule has 29 heavy (non-hydrogen) atoms. The highest BCUT2D eigenvalue weighted by atomic mass is 16.4. The molecular formula is C23H28N2O4. The van der Waals surface area contributed by atoms with Crippen molar-refractivity contribution in [3.05, 3.63) is 45.0 Å². The second-order valence-corrected chi connectivity index (χ2v) is 8.03. The van der Waals surface area contributed by atoms with Crippen molar-refractivity contribution < 1.29 is 13.6 Å². The highest BCUT2D eigenvalue weighted by molar-refractivity contribution is 5.97. The smallest absolute Gasteiger partial charge is 0.340 e. The Bertz CT molecular complexity index is 1140. The Morgan fingerprint density at radius 1 is 1.14 bits per heavy atom. The summed E-state index contributed by atoms with van der Waals surface area (Å²) in [5, 5.41) is 4.85. The van der Waals surface area contributed by atoms with E-state index in [1.807, 2.05) is 26.8 Å². The van der Waals surface area contributed by atoms with Gasteiger partial charge < -0.3 is 14.2 Å². The van der Waals surface area contributed by atoms with Crippen LogP contribution in [0, 0.1) is 20.8 Å². The van der Waals surface area contributed by atoms with Crippen LogP contribution < -0.4 is 10.9 Å². The fourth-order valence-corrected chi connectivity index (χ4v) is 4.43. The van der Waals surface area contributed by atoms with Crippen molar-refractivity contribution in [1.82, 2.24) is 10.2 Å². The lowest BCUT2D eigenvalue weighted by molar-refractivity contribution is -0.120. The van der Waals surface area contributed by atoms with Gasteiger partial charge in [-0.15, -0.1) is 0 Å². The van der Waals surface area contributed by atoms with E-state index in [9.17, 15) is 9.59 Å². The highest BCUT2D eigenvalue weighted by Gasteiger charge is 2.24. The van der Waals surface area contributed by atoms with Gasteiger partial charge in [0.2, 0.25) is 5.91 Å². The molecule has 1 fully saturated rings. The van der Waals surface area contributed by atoms with Crippen LogP contribution in [0.4, 0.5) is 0 Å². The molecule has 1 N–H and O–H groups in total. The number of fused-ring (bicyclic) bond motifs is 2. The number of benzene rings is 1. The van der Waals surface area contributed by atoms with Crippen molar-refractivity contribution in [3.8, 4) is 0 Å². The third-order valence-electron chi connectivity index (χ3n) is 6.36. The third kappa shape index (κ3) is 3.57. The Kier molecular flexibility index (Phi) is 5.21. The molecule has 0 spiro atoms. The van der Waals surface area contributed by atoms with E-state index in [0.29, 0.717) is 29.3 Å². The molecule has 1 aromatic carbocycles. The van der Waals surface area contributed by atoms with Gasteiger partial charge in [0.25, 0.3) is 0 Å². The molecule has 0 aliphatic carbocycles. The van der Waals surface area contributed by atoms with Gasteiger partial charge >= 0.3 is 5.63 Å². The molecule has 0 saturated carbocycles. The summed E-state index contributed by atoms with van der Waals surface area (Å²) in [4.78, 5) is 27.5. The van der Waals surface area contributed by atoms with Crippen molar-refractivity contribution in [2.75, 3.05) is 19.6 Å². The van der Waals surface area contributed by atoms with Crippen molar-refractivity contribution in [1.29, 1.82) is 0 Å². The zero-order valence-corrected chi connectivity index (χ0v) is 17.6. The molecule has 3 aromatic rings.